The van der Waals surface area contributed by atoms with Gasteiger partial charge in [0.1, 0.15) is 28.7 Å². The first-order chi connectivity index (χ1) is 15.5. The molecule has 0 spiro atoms. The Kier molecular flexibility index (Phi) is 5.10. The Morgan fingerprint density at radius 1 is 1.09 bits per heavy atom. The van der Waals surface area contributed by atoms with Crippen molar-refractivity contribution in [3.8, 4) is 17.2 Å². The SMILES string of the molecule is Cc1nn(-c2ccc(F)cc2)c2sc(C(=O)OCC(=O)c3ccc4c(c3)OCCO4)cc12. The van der Waals surface area contributed by atoms with Crippen molar-refractivity contribution in [2.24, 2.45) is 0 Å². The van der Waals surface area contributed by atoms with Gasteiger partial charge < -0.3 is 14.2 Å². The summed E-state index contributed by atoms with van der Waals surface area (Å²) in [6, 6.07) is 12.5. The first-order valence-electron chi connectivity index (χ1n) is 9.85. The number of carbonyl (C=O) groups is 2. The van der Waals surface area contributed by atoms with Crippen molar-refractivity contribution < 1.29 is 28.2 Å². The maximum Gasteiger partial charge on any atom is 0.348 e. The summed E-state index contributed by atoms with van der Waals surface area (Å²) < 4.78 is 31.1. The van der Waals surface area contributed by atoms with E-state index in [4.69, 9.17) is 14.2 Å². The number of fused-ring (bicyclic) bond motifs is 2. The summed E-state index contributed by atoms with van der Waals surface area (Å²) in [5, 5.41) is 5.27. The third kappa shape index (κ3) is 3.71. The van der Waals surface area contributed by atoms with Crippen molar-refractivity contribution in [2.75, 3.05) is 19.8 Å². The number of aryl methyl sites for hydroxylation is 1. The number of nitrogens with zero attached hydrogens (tertiary/aromatic N) is 2. The van der Waals surface area contributed by atoms with Crippen LogP contribution in [0.5, 0.6) is 11.5 Å². The maximum absolute atomic E-state index is 13.3. The number of esters is 1. The molecule has 0 unspecified atom stereocenters. The fraction of sp³-hybridized carbons (Fsp3) is 0.174. The van der Waals surface area contributed by atoms with E-state index in [1.165, 1.54) is 23.5 Å². The smallest absolute Gasteiger partial charge is 0.348 e. The van der Waals surface area contributed by atoms with Crippen molar-refractivity contribution in [2.45, 2.75) is 6.92 Å². The summed E-state index contributed by atoms with van der Waals surface area (Å²) in [5.41, 5.74) is 1.79. The van der Waals surface area contributed by atoms with E-state index < -0.39 is 12.6 Å². The minimum Gasteiger partial charge on any atom is -0.486 e. The lowest BCUT2D eigenvalue weighted by molar-refractivity contribution is 0.0479. The Hall–Kier alpha value is -3.72. The molecule has 162 valence electrons. The molecule has 1 aliphatic rings. The lowest BCUT2D eigenvalue weighted by atomic mass is 10.1. The molecule has 0 atom stereocenters. The molecule has 32 heavy (non-hydrogen) atoms. The molecule has 0 amide bonds. The standard InChI is InChI=1S/C23H17FN2O5S/c1-13-17-11-21(32-22(17)26(25-13)16-5-3-15(24)4-6-16)23(28)31-12-18(27)14-2-7-19-20(10-14)30-9-8-29-19/h2-7,10-11H,8-9,12H2,1H3. The lowest BCUT2D eigenvalue weighted by Crippen LogP contribution is -2.17. The highest BCUT2D eigenvalue weighted by Gasteiger charge is 2.20. The molecule has 9 heteroatoms. The number of ketones is 1. The Morgan fingerprint density at radius 2 is 1.84 bits per heavy atom. The van der Waals surface area contributed by atoms with E-state index in [2.05, 4.69) is 5.10 Å². The second-order valence-corrected chi connectivity index (χ2v) is 8.19. The molecule has 0 bridgehead atoms. The van der Waals surface area contributed by atoms with Gasteiger partial charge in [-0.3, -0.25) is 4.79 Å². The van der Waals surface area contributed by atoms with Gasteiger partial charge in [0.05, 0.1) is 11.4 Å². The molecule has 0 N–H and O–H groups in total. The van der Waals surface area contributed by atoms with Crippen molar-refractivity contribution in [3.63, 3.8) is 0 Å². The van der Waals surface area contributed by atoms with Crippen LogP contribution in [0.15, 0.2) is 48.5 Å². The summed E-state index contributed by atoms with van der Waals surface area (Å²) in [4.78, 5) is 26.2. The molecule has 2 aromatic carbocycles. The van der Waals surface area contributed by atoms with Crippen molar-refractivity contribution in [3.05, 3.63) is 70.5 Å². The topological polar surface area (TPSA) is 79.7 Å². The molecule has 2 aromatic heterocycles. The van der Waals surface area contributed by atoms with Crippen molar-refractivity contribution in [1.82, 2.24) is 9.78 Å². The normalized spacial score (nSPS) is 12.7. The van der Waals surface area contributed by atoms with E-state index >= 15 is 0 Å². The summed E-state index contributed by atoms with van der Waals surface area (Å²) in [6.07, 6.45) is 0. The molecule has 0 saturated heterocycles. The number of thiophene rings is 1. The number of aromatic nitrogens is 2. The second-order valence-electron chi connectivity index (χ2n) is 7.16. The lowest BCUT2D eigenvalue weighted by Gasteiger charge is -2.18. The molecule has 7 nitrogen and oxygen atoms in total. The molecule has 1 aliphatic heterocycles. The predicted octanol–water partition coefficient (Wildman–Crippen LogP) is 4.35. The molecule has 0 fully saturated rings. The average molecular weight is 452 g/mol. The van der Waals surface area contributed by atoms with Crippen LogP contribution >= 0.6 is 11.3 Å². The van der Waals surface area contributed by atoms with Gasteiger partial charge in [0.25, 0.3) is 0 Å². The number of rotatable bonds is 5. The zero-order valence-electron chi connectivity index (χ0n) is 17.0. The average Bonchev–Trinajstić information content (AvgIpc) is 3.38. The van der Waals surface area contributed by atoms with Crippen LogP contribution < -0.4 is 9.47 Å². The number of halogens is 1. The molecule has 5 rings (SSSR count). The largest absolute Gasteiger partial charge is 0.486 e. The van der Waals surface area contributed by atoms with Crippen LogP contribution in [0.1, 0.15) is 25.7 Å². The first kappa shape index (κ1) is 20.2. The van der Waals surface area contributed by atoms with Gasteiger partial charge in [0.15, 0.2) is 23.9 Å². The van der Waals surface area contributed by atoms with Crippen LogP contribution in [0.25, 0.3) is 15.9 Å². The number of benzene rings is 2. The minimum absolute atomic E-state index is 0.341. The Morgan fingerprint density at radius 3 is 2.62 bits per heavy atom. The van der Waals surface area contributed by atoms with Crippen molar-refractivity contribution in [1.29, 1.82) is 0 Å². The number of hydrogen-bond donors (Lipinski definition) is 0. The number of Topliss-reactive ketones (excluding diaryl/α,β-unsaturated/α-hetero) is 1. The number of ether oxygens (including phenoxy) is 3. The highest BCUT2D eigenvalue weighted by molar-refractivity contribution is 7.20. The summed E-state index contributed by atoms with van der Waals surface area (Å²) in [6.45, 7) is 2.32. The molecule has 0 saturated carbocycles. The van der Waals surface area contributed by atoms with Gasteiger partial charge in [0.2, 0.25) is 0 Å². The van der Waals surface area contributed by atoms with E-state index in [1.807, 2.05) is 6.92 Å². The molecule has 0 aliphatic carbocycles. The Bertz CT molecular complexity index is 1340. The fourth-order valence-corrected chi connectivity index (χ4v) is 4.48. The predicted molar refractivity (Wildman–Crippen MR) is 116 cm³/mol. The molecular weight excluding hydrogens is 435 g/mol. The van der Waals surface area contributed by atoms with Gasteiger partial charge in [-0.25, -0.2) is 13.9 Å². The quantitative estimate of drug-likeness (QED) is 0.331. The summed E-state index contributed by atoms with van der Waals surface area (Å²) >= 11 is 1.20. The second kappa shape index (κ2) is 8.08. The van der Waals surface area contributed by atoms with Crippen LogP contribution in [0, 0.1) is 12.7 Å². The molecule has 3 heterocycles. The zero-order chi connectivity index (χ0) is 22.2. The van der Waals surface area contributed by atoms with Gasteiger partial charge in [-0.05, 0) is 55.5 Å². The summed E-state index contributed by atoms with van der Waals surface area (Å²) in [5.74, 6) is -0.196. The van der Waals surface area contributed by atoms with E-state index in [0.29, 0.717) is 40.8 Å². The monoisotopic (exact) mass is 452 g/mol. The van der Waals surface area contributed by atoms with Crippen LogP contribution in [-0.2, 0) is 4.74 Å². The van der Waals surface area contributed by atoms with Gasteiger partial charge in [-0.15, -0.1) is 11.3 Å². The molecule has 4 aromatic rings. The van der Waals surface area contributed by atoms with Gasteiger partial charge in [-0.2, -0.15) is 5.10 Å². The van der Waals surface area contributed by atoms with E-state index in [9.17, 15) is 14.0 Å². The Balaban J connectivity index is 1.32. The van der Waals surface area contributed by atoms with E-state index in [1.54, 1.807) is 41.1 Å². The molecule has 0 radical (unpaired) electrons. The number of carbonyl (C=O) groups excluding carboxylic acids is 2. The zero-order valence-corrected chi connectivity index (χ0v) is 17.8. The number of hydrogen-bond acceptors (Lipinski definition) is 7. The van der Waals surface area contributed by atoms with Crippen LogP contribution in [-0.4, -0.2) is 41.4 Å². The summed E-state index contributed by atoms with van der Waals surface area (Å²) in [7, 11) is 0. The highest BCUT2D eigenvalue weighted by atomic mass is 32.1. The van der Waals surface area contributed by atoms with Crippen LogP contribution in [0.4, 0.5) is 4.39 Å². The van der Waals surface area contributed by atoms with Gasteiger partial charge in [-0.1, -0.05) is 0 Å². The van der Waals surface area contributed by atoms with E-state index in [0.717, 1.165) is 15.9 Å². The van der Waals surface area contributed by atoms with E-state index in [-0.39, 0.29) is 11.6 Å². The maximum atomic E-state index is 13.3. The third-order valence-electron chi connectivity index (χ3n) is 5.02. The minimum atomic E-state index is -0.595. The van der Waals surface area contributed by atoms with Crippen LogP contribution in [0.3, 0.4) is 0 Å². The third-order valence-corrected chi connectivity index (χ3v) is 6.11. The molecular formula is C23H17FN2O5S. The highest BCUT2D eigenvalue weighted by Crippen LogP contribution is 2.32. The van der Waals surface area contributed by atoms with Gasteiger partial charge >= 0.3 is 5.97 Å². The first-order valence-corrected chi connectivity index (χ1v) is 10.7. The van der Waals surface area contributed by atoms with Gasteiger partial charge in [0, 0.05) is 10.9 Å². The fourth-order valence-electron chi connectivity index (χ4n) is 3.41. The van der Waals surface area contributed by atoms with Crippen LogP contribution in [0.2, 0.25) is 0 Å². The van der Waals surface area contributed by atoms with Crippen molar-refractivity contribution >= 4 is 33.3 Å². The Labute approximate surface area is 185 Å².